The monoisotopic (exact) mass is 295 g/mol. The smallest absolute Gasteiger partial charge is 0.0198 e. The summed E-state index contributed by atoms with van der Waals surface area (Å²) in [6.07, 6.45) is 2.78. The van der Waals surface area contributed by atoms with Crippen molar-refractivity contribution < 1.29 is 0 Å². The van der Waals surface area contributed by atoms with Crippen LogP contribution in [0.3, 0.4) is 0 Å². The lowest BCUT2D eigenvalue weighted by atomic mass is 9.93. The first kappa shape index (κ1) is 17.2. The third-order valence-corrected chi connectivity index (χ3v) is 5.71. The van der Waals surface area contributed by atoms with E-state index in [0.29, 0.717) is 18.1 Å². The van der Waals surface area contributed by atoms with Crippen LogP contribution in [0.25, 0.3) is 0 Å². The van der Waals surface area contributed by atoms with E-state index in [1.165, 1.54) is 45.6 Å². The Morgan fingerprint density at radius 2 is 1.29 bits per heavy atom. The molecule has 0 amide bonds. The average Bonchev–Trinajstić information content (AvgIpc) is 2.43. The maximum Gasteiger partial charge on any atom is 0.0198 e. The summed E-state index contributed by atoms with van der Waals surface area (Å²) in [6.45, 7) is 20.6. The third-order valence-electron chi connectivity index (χ3n) is 5.71. The average molecular weight is 296 g/mol. The van der Waals surface area contributed by atoms with Crippen molar-refractivity contribution in [1.82, 2.24) is 14.7 Å². The van der Waals surface area contributed by atoms with Crippen molar-refractivity contribution in [3.63, 3.8) is 0 Å². The lowest BCUT2D eigenvalue weighted by molar-refractivity contribution is 0.00510. The highest BCUT2D eigenvalue weighted by Gasteiger charge is 2.32. The zero-order chi connectivity index (χ0) is 15.6. The van der Waals surface area contributed by atoms with Gasteiger partial charge in [0.15, 0.2) is 0 Å². The second-order valence-corrected chi connectivity index (χ2v) is 8.02. The van der Waals surface area contributed by atoms with Crippen LogP contribution >= 0.6 is 0 Å². The Morgan fingerprint density at radius 1 is 0.810 bits per heavy atom. The second-order valence-electron chi connectivity index (χ2n) is 8.02. The normalized spacial score (nSPS) is 31.4. The molecule has 2 aliphatic rings. The molecule has 2 rings (SSSR count). The van der Waals surface area contributed by atoms with Gasteiger partial charge in [-0.3, -0.25) is 9.80 Å². The van der Waals surface area contributed by atoms with Gasteiger partial charge in [0.25, 0.3) is 0 Å². The van der Waals surface area contributed by atoms with E-state index in [-0.39, 0.29) is 0 Å². The van der Waals surface area contributed by atoms with E-state index < -0.39 is 0 Å². The van der Waals surface area contributed by atoms with Crippen LogP contribution in [0.4, 0.5) is 0 Å². The second kappa shape index (κ2) is 7.43. The fourth-order valence-corrected chi connectivity index (χ4v) is 4.13. The van der Waals surface area contributed by atoms with Gasteiger partial charge in [-0.25, -0.2) is 0 Å². The minimum Gasteiger partial charge on any atom is -0.301 e. The molecule has 124 valence electrons. The van der Waals surface area contributed by atoms with Crippen LogP contribution in [0.15, 0.2) is 0 Å². The van der Waals surface area contributed by atoms with E-state index in [0.717, 1.165) is 12.0 Å². The molecule has 0 aromatic heterocycles. The van der Waals surface area contributed by atoms with E-state index in [9.17, 15) is 0 Å². The molecule has 2 saturated heterocycles. The largest absolute Gasteiger partial charge is 0.301 e. The first-order chi connectivity index (χ1) is 9.88. The highest BCUT2D eigenvalue weighted by atomic mass is 15.3. The number of hydrogen-bond donors (Lipinski definition) is 0. The summed E-state index contributed by atoms with van der Waals surface area (Å²) in [5.74, 6) is 0.912. The number of piperazine rings is 1. The lowest BCUT2D eigenvalue weighted by Gasteiger charge is -2.48. The van der Waals surface area contributed by atoms with Crippen molar-refractivity contribution in [2.75, 3.05) is 32.7 Å². The molecular weight excluding hydrogens is 258 g/mol. The molecule has 0 saturated carbocycles. The van der Waals surface area contributed by atoms with Gasteiger partial charge in [0.05, 0.1) is 0 Å². The molecule has 0 spiro atoms. The van der Waals surface area contributed by atoms with E-state index >= 15 is 0 Å². The Kier molecular flexibility index (Phi) is 6.10. The van der Waals surface area contributed by atoms with Crippen molar-refractivity contribution in [2.24, 2.45) is 5.92 Å². The van der Waals surface area contributed by atoms with E-state index in [1.807, 2.05) is 0 Å². The van der Waals surface area contributed by atoms with Crippen LogP contribution in [-0.2, 0) is 0 Å². The molecule has 0 N–H and O–H groups in total. The molecule has 0 aromatic carbocycles. The molecule has 0 aliphatic carbocycles. The van der Waals surface area contributed by atoms with Crippen molar-refractivity contribution in [3.05, 3.63) is 0 Å². The zero-order valence-corrected chi connectivity index (χ0v) is 15.2. The van der Waals surface area contributed by atoms with Crippen molar-refractivity contribution >= 4 is 0 Å². The number of likely N-dealkylation sites (tertiary alicyclic amines) is 1. The predicted molar refractivity (Wildman–Crippen MR) is 91.8 cm³/mol. The van der Waals surface area contributed by atoms with Gasteiger partial charge in [0.2, 0.25) is 0 Å². The van der Waals surface area contributed by atoms with Crippen molar-refractivity contribution in [3.8, 4) is 0 Å². The fraction of sp³-hybridized carbons (Fsp3) is 1.00. The Morgan fingerprint density at radius 3 is 1.71 bits per heavy atom. The first-order valence-corrected chi connectivity index (χ1v) is 9.12. The molecular formula is C18H37N3. The Bertz CT molecular complexity index is 296. The molecule has 0 bridgehead atoms. The quantitative estimate of drug-likeness (QED) is 0.789. The minimum atomic E-state index is 0.686. The van der Waals surface area contributed by atoms with E-state index in [1.54, 1.807) is 0 Å². The molecule has 2 fully saturated rings. The van der Waals surface area contributed by atoms with Crippen LogP contribution < -0.4 is 0 Å². The Hall–Kier alpha value is -0.120. The number of piperidine rings is 1. The maximum absolute atomic E-state index is 2.79. The van der Waals surface area contributed by atoms with Gasteiger partial charge >= 0.3 is 0 Å². The van der Waals surface area contributed by atoms with Crippen LogP contribution in [0.1, 0.15) is 54.4 Å². The summed E-state index contributed by atoms with van der Waals surface area (Å²) in [6, 6.07) is 2.82. The zero-order valence-electron chi connectivity index (χ0n) is 15.2. The minimum absolute atomic E-state index is 0.686. The summed E-state index contributed by atoms with van der Waals surface area (Å²) in [7, 11) is 0. The van der Waals surface area contributed by atoms with Gasteiger partial charge < -0.3 is 4.90 Å². The van der Waals surface area contributed by atoms with Crippen LogP contribution in [0.2, 0.25) is 0 Å². The molecule has 3 nitrogen and oxygen atoms in total. The van der Waals surface area contributed by atoms with Gasteiger partial charge in [-0.15, -0.1) is 0 Å². The SMILES string of the molecule is CC(C)N1CCC(CN2C(C)CN(C(C)C)CC2C)CC1. The van der Waals surface area contributed by atoms with Gasteiger partial charge in [0, 0.05) is 43.8 Å². The first-order valence-electron chi connectivity index (χ1n) is 9.12. The standard InChI is InChI=1S/C18H37N3/c1-14(2)19-9-7-18(8-10-19)13-21-16(5)11-20(15(3)4)12-17(21)6/h14-18H,7-13H2,1-6H3. The van der Waals surface area contributed by atoms with Gasteiger partial charge in [-0.05, 0) is 73.4 Å². The number of nitrogens with zero attached hydrogens (tertiary/aromatic N) is 3. The fourth-order valence-electron chi connectivity index (χ4n) is 4.13. The predicted octanol–water partition coefficient (Wildman–Crippen LogP) is 2.91. The van der Waals surface area contributed by atoms with Crippen LogP contribution in [-0.4, -0.2) is 71.6 Å². The van der Waals surface area contributed by atoms with Crippen molar-refractivity contribution in [2.45, 2.75) is 78.6 Å². The molecule has 2 atom stereocenters. The number of hydrogen-bond acceptors (Lipinski definition) is 3. The summed E-state index contributed by atoms with van der Waals surface area (Å²) in [4.78, 5) is 8.07. The van der Waals surface area contributed by atoms with Crippen molar-refractivity contribution in [1.29, 1.82) is 0 Å². The van der Waals surface area contributed by atoms with E-state index in [4.69, 9.17) is 0 Å². The van der Waals surface area contributed by atoms with Crippen LogP contribution in [0.5, 0.6) is 0 Å². The molecule has 0 aromatic rings. The third kappa shape index (κ3) is 4.43. The molecule has 21 heavy (non-hydrogen) atoms. The highest BCUT2D eigenvalue weighted by Crippen LogP contribution is 2.24. The number of rotatable bonds is 4. The van der Waals surface area contributed by atoms with E-state index in [2.05, 4.69) is 56.2 Å². The van der Waals surface area contributed by atoms with Crippen LogP contribution in [0, 0.1) is 5.92 Å². The highest BCUT2D eigenvalue weighted by molar-refractivity contribution is 4.88. The summed E-state index contributed by atoms with van der Waals surface area (Å²) >= 11 is 0. The molecule has 2 heterocycles. The Balaban J connectivity index is 1.83. The van der Waals surface area contributed by atoms with Gasteiger partial charge in [-0.2, -0.15) is 0 Å². The molecule has 2 unspecified atom stereocenters. The lowest BCUT2D eigenvalue weighted by Crippen LogP contribution is -2.59. The summed E-state index contributed by atoms with van der Waals surface area (Å²) < 4.78 is 0. The maximum atomic E-state index is 2.79. The topological polar surface area (TPSA) is 9.72 Å². The molecule has 0 radical (unpaired) electrons. The van der Waals surface area contributed by atoms with Gasteiger partial charge in [0.1, 0.15) is 0 Å². The van der Waals surface area contributed by atoms with Gasteiger partial charge in [-0.1, -0.05) is 0 Å². The molecule has 3 heteroatoms. The summed E-state index contributed by atoms with van der Waals surface area (Å²) in [5.41, 5.74) is 0. The molecule has 2 aliphatic heterocycles. The Labute approximate surface area is 132 Å². The summed E-state index contributed by atoms with van der Waals surface area (Å²) in [5, 5.41) is 0.